The Morgan fingerprint density at radius 2 is 2.00 bits per heavy atom. The van der Waals surface area contributed by atoms with Gasteiger partial charge in [0.2, 0.25) is 5.88 Å². The molecule has 162 valence electrons. The van der Waals surface area contributed by atoms with Crippen molar-refractivity contribution in [2.45, 2.75) is 24.7 Å². The Hall–Kier alpha value is -3.65. The van der Waals surface area contributed by atoms with Crippen LogP contribution in [0.1, 0.15) is 12.2 Å². The third-order valence-electron chi connectivity index (χ3n) is 6.04. The van der Waals surface area contributed by atoms with Crippen molar-refractivity contribution in [1.82, 2.24) is 25.5 Å². The van der Waals surface area contributed by atoms with Gasteiger partial charge in [-0.2, -0.15) is 0 Å². The number of halogens is 1. The van der Waals surface area contributed by atoms with Crippen molar-refractivity contribution in [2.75, 3.05) is 7.11 Å². The highest BCUT2D eigenvalue weighted by Crippen LogP contribution is 2.37. The molecule has 0 spiro atoms. The molecule has 0 amide bonds. The monoisotopic (exact) mass is 431 g/mol. The van der Waals surface area contributed by atoms with Crippen LogP contribution in [-0.4, -0.2) is 50.6 Å². The lowest BCUT2D eigenvalue weighted by atomic mass is 9.84. The number of aromatic hydroxyl groups is 1. The maximum absolute atomic E-state index is 14.8. The van der Waals surface area contributed by atoms with E-state index in [1.165, 1.54) is 6.20 Å². The molecule has 2 N–H and O–H groups in total. The molecule has 2 aliphatic heterocycles. The highest BCUT2D eigenvalue weighted by Gasteiger charge is 2.40. The first-order chi connectivity index (χ1) is 15.5. The second kappa shape index (κ2) is 8.12. The van der Waals surface area contributed by atoms with E-state index in [1.807, 2.05) is 24.3 Å². The third kappa shape index (κ3) is 3.62. The Balaban J connectivity index is 1.36. The summed E-state index contributed by atoms with van der Waals surface area (Å²) < 4.78 is 20.0. The van der Waals surface area contributed by atoms with Gasteiger partial charge >= 0.3 is 0 Å². The smallest absolute Gasteiger partial charge is 0.213 e. The fraction of sp³-hybridized carbons (Fsp3) is 0.250. The molecule has 1 fully saturated rings. The molecular weight excluding hydrogens is 409 g/mol. The zero-order chi connectivity index (χ0) is 22.2. The molecule has 0 unspecified atom stereocenters. The number of benzene rings is 1. The van der Waals surface area contributed by atoms with Crippen molar-refractivity contribution in [3.63, 3.8) is 0 Å². The number of phenolic OH excluding ortho intramolecular Hbond substituents is 1. The number of fused-ring (bicyclic) bond motifs is 2. The molecule has 0 radical (unpaired) electrons. The average Bonchev–Trinajstić information content (AvgIpc) is 3.24. The number of piperidine rings is 1. The van der Waals surface area contributed by atoms with Crippen LogP contribution >= 0.6 is 0 Å². The Bertz CT molecular complexity index is 1200. The fourth-order valence-electron chi connectivity index (χ4n) is 4.29. The van der Waals surface area contributed by atoms with E-state index in [-0.39, 0.29) is 23.8 Å². The summed E-state index contributed by atoms with van der Waals surface area (Å²) in [5.74, 6) is 0.498. The van der Waals surface area contributed by atoms with Crippen molar-refractivity contribution in [3.8, 4) is 34.0 Å². The molecule has 3 aromatic rings. The van der Waals surface area contributed by atoms with E-state index in [2.05, 4.69) is 32.1 Å². The predicted octanol–water partition coefficient (Wildman–Crippen LogP) is 3.58. The van der Waals surface area contributed by atoms with Crippen LogP contribution in [0.15, 0.2) is 61.5 Å². The molecule has 2 bridgehead atoms. The molecule has 5 rings (SSSR count). The van der Waals surface area contributed by atoms with Crippen LogP contribution < -0.4 is 10.1 Å². The first-order valence-electron chi connectivity index (χ1n) is 10.3. The molecule has 4 heterocycles. The summed E-state index contributed by atoms with van der Waals surface area (Å²) in [6.07, 6.45) is 6.58. The summed E-state index contributed by atoms with van der Waals surface area (Å²) >= 11 is 0. The van der Waals surface area contributed by atoms with Crippen LogP contribution in [0.3, 0.4) is 0 Å². The van der Waals surface area contributed by atoms with E-state index < -0.39 is 6.17 Å². The molecule has 1 saturated heterocycles. The molecule has 7 nitrogen and oxygen atoms in total. The minimum atomic E-state index is -1.08. The van der Waals surface area contributed by atoms with Crippen molar-refractivity contribution in [1.29, 1.82) is 0 Å². The summed E-state index contributed by atoms with van der Waals surface area (Å²) in [5.41, 5.74) is 3.13. The van der Waals surface area contributed by atoms with Gasteiger partial charge in [0.1, 0.15) is 17.6 Å². The number of hydrogen-bond donors (Lipinski definition) is 2. The molecule has 0 aliphatic carbocycles. The zero-order valence-electron chi connectivity index (χ0n) is 17.4. The van der Waals surface area contributed by atoms with Gasteiger partial charge in [-0.1, -0.05) is 24.8 Å². The number of pyridine rings is 1. The topological polar surface area (TPSA) is 93.1 Å². The van der Waals surface area contributed by atoms with Gasteiger partial charge in [0.05, 0.1) is 19.3 Å². The molecule has 32 heavy (non-hydrogen) atoms. The minimum Gasteiger partial charge on any atom is -0.507 e. The van der Waals surface area contributed by atoms with E-state index in [0.717, 1.165) is 11.1 Å². The number of rotatable bonds is 5. The van der Waals surface area contributed by atoms with Gasteiger partial charge in [-0.05, 0) is 41.3 Å². The van der Waals surface area contributed by atoms with Crippen LogP contribution in [0.2, 0.25) is 0 Å². The lowest BCUT2D eigenvalue weighted by molar-refractivity contribution is 0.178. The van der Waals surface area contributed by atoms with Gasteiger partial charge < -0.3 is 15.2 Å². The van der Waals surface area contributed by atoms with Crippen molar-refractivity contribution in [2.24, 2.45) is 5.92 Å². The first-order valence-corrected chi connectivity index (χ1v) is 10.3. The van der Waals surface area contributed by atoms with Gasteiger partial charge in [0.25, 0.3) is 0 Å². The number of allylic oxidation sites excluding steroid dienone is 1. The van der Waals surface area contributed by atoms with Gasteiger partial charge in [0.15, 0.2) is 5.82 Å². The van der Waals surface area contributed by atoms with Gasteiger partial charge in [-0.15, -0.1) is 10.2 Å². The number of alkyl halides is 1. The van der Waals surface area contributed by atoms with Crippen LogP contribution in [0.25, 0.3) is 28.0 Å². The number of hydrogen-bond acceptors (Lipinski definition) is 7. The second-order valence-electron chi connectivity index (χ2n) is 7.98. The normalized spacial score (nSPS) is 23.8. The van der Waals surface area contributed by atoms with Gasteiger partial charge in [0, 0.05) is 29.8 Å². The largest absolute Gasteiger partial charge is 0.507 e. The fourth-order valence-corrected chi connectivity index (χ4v) is 4.29. The lowest BCUT2D eigenvalue weighted by Crippen LogP contribution is -2.47. The molecular formula is C24H22FN5O2. The zero-order valence-corrected chi connectivity index (χ0v) is 17.4. The highest BCUT2D eigenvalue weighted by molar-refractivity contribution is 5.74. The average molecular weight is 431 g/mol. The molecule has 0 saturated carbocycles. The molecule has 2 aliphatic rings. The molecule has 1 aromatic carbocycles. The van der Waals surface area contributed by atoms with Gasteiger partial charge in [-0.25, -0.2) is 14.4 Å². The molecule has 2 aromatic heterocycles. The highest BCUT2D eigenvalue weighted by atomic mass is 19.1. The number of ether oxygens (including phenoxy) is 1. The van der Waals surface area contributed by atoms with E-state index >= 15 is 0 Å². The standard InChI is InChI=1S/C24H22FN5O2/c1-13(18-11-16-4-6-19(28-16)23(18)25)24-27-12-20(29-30-24)17-5-3-14(9-21(17)31)15-7-8-26-22(10-15)32-2/h3-10,12,16,18-19,23,28,31H,1,11H2,2H3/t16-,18+,19+,23-/m1/s1. The van der Waals surface area contributed by atoms with E-state index in [9.17, 15) is 9.50 Å². The minimum absolute atomic E-state index is 0.0470. The summed E-state index contributed by atoms with van der Waals surface area (Å²) in [4.78, 5) is 8.46. The Kier molecular flexibility index (Phi) is 5.14. The number of methoxy groups -OCH3 is 1. The van der Waals surface area contributed by atoms with Crippen LogP contribution in [0.4, 0.5) is 4.39 Å². The van der Waals surface area contributed by atoms with Crippen molar-refractivity contribution in [3.05, 3.63) is 67.3 Å². The summed E-state index contributed by atoms with van der Waals surface area (Å²) in [6, 6.07) is 8.74. The second-order valence-corrected chi connectivity index (χ2v) is 7.98. The SMILES string of the molecule is C=C(c1ncc(-c2ccc(-c3ccnc(OC)c3)cc2O)nn1)[C@@H]1C[C@H]2C=C[C@H](N2)[C@@H]1F. The number of nitrogens with zero attached hydrogens (tertiary/aromatic N) is 4. The van der Waals surface area contributed by atoms with Crippen molar-refractivity contribution >= 4 is 5.57 Å². The van der Waals surface area contributed by atoms with Gasteiger partial charge in [-0.3, -0.25) is 0 Å². The summed E-state index contributed by atoms with van der Waals surface area (Å²) in [7, 11) is 1.55. The predicted molar refractivity (Wildman–Crippen MR) is 119 cm³/mol. The quantitative estimate of drug-likeness (QED) is 0.597. The molecule has 4 atom stereocenters. The Labute approximate surface area is 184 Å². The third-order valence-corrected chi connectivity index (χ3v) is 6.04. The van der Waals surface area contributed by atoms with E-state index in [4.69, 9.17) is 4.74 Å². The first kappa shape index (κ1) is 20.3. The van der Waals surface area contributed by atoms with Crippen LogP contribution in [0.5, 0.6) is 11.6 Å². The number of aromatic nitrogens is 4. The van der Waals surface area contributed by atoms with Crippen LogP contribution in [-0.2, 0) is 0 Å². The Morgan fingerprint density at radius 1 is 1.16 bits per heavy atom. The summed E-state index contributed by atoms with van der Waals surface area (Å²) in [5, 5.41) is 22.2. The molecule has 8 heteroatoms. The van der Waals surface area contributed by atoms with E-state index in [1.54, 1.807) is 31.5 Å². The van der Waals surface area contributed by atoms with Crippen molar-refractivity contribution < 1.29 is 14.2 Å². The Morgan fingerprint density at radius 3 is 2.75 bits per heavy atom. The number of phenols is 1. The van der Waals surface area contributed by atoms with Crippen LogP contribution in [0, 0.1) is 5.92 Å². The lowest BCUT2D eigenvalue weighted by Gasteiger charge is -2.33. The maximum Gasteiger partial charge on any atom is 0.213 e. The number of nitrogens with one attached hydrogen (secondary N) is 1. The van der Waals surface area contributed by atoms with E-state index in [0.29, 0.717) is 35.0 Å². The maximum atomic E-state index is 14.8. The summed E-state index contributed by atoms with van der Waals surface area (Å²) in [6.45, 7) is 4.05.